The van der Waals surface area contributed by atoms with Crippen molar-refractivity contribution in [2.45, 2.75) is 39.0 Å². The standard InChI is InChI=1S/C28H34N2O5/c1-18(2)20(15-26(31)30-13-11-19(12-14-30)27(32)33)16-29-28(34)35-17-25-23-9-5-3-7-21(23)22-8-4-6-10-24(22)25/h3-10,18-20,25H,11-17H2,1-2H3,(H,29,34)(H,32,33). The van der Waals surface area contributed by atoms with E-state index in [1.165, 1.54) is 22.3 Å². The van der Waals surface area contributed by atoms with Gasteiger partial charge in [-0.25, -0.2) is 4.79 Å². The summed E-state index contributed by atoms with van der Waals surface area (Å²) in [6, 6.07) is 16.4. The zero-order valence-electron chi connectivity index (χ0n) is 20.4. The Kier molecular flexibility index (Phi) is 7.73. The number of rotatable bonds is 8. The summed E-state index contributed by atoms with van der Waals surface area (Å²) in [4.78, 5) is 38.3. The fourth-order valence-electron chi connectivity index (χ4n) is 5.14. The molecule has 1 aliphatic heterocycles. The summed E-state index contributed by atoms with van der Waals surface area (Å²) in [5.74, 6) is -0.963. The number of carboxylic acid groups (broad SMARTS) is 1. The molecule has 2 aromatic carbocycles. The third-order valence-corrected chi connectivity index (χ3v) is 7.43. The number of hydrogen-bond acceptors (Lipinski definition) is 4. The lowest BCUT2D eigenvalue weighted by atomic mass is 9.91. The van der Waals surface area contributed by atoms with Gasteiger partial charge in [-0.1, -0.05) is 62.4 Å². The van der Waals surface area contributed by atoms with Crippen LogP contribution >= 0.6 is 0 Å². The van der Waals surface area contributed by atoms with Crippen LogP contribution in [0, 0.1) is 17.8 Å². The van der Waals surface area contributed by atoms with Gasteiger partial charge < -0.3 is 20.1 Å². The maximum atomic E-state index is 12.8. The van der Waals surface area contributed by atoms with Crippen LogP contribution in [0.1, 0.15) is 50.2 Å². The van der Waals surface area contributed by atoms with Crippen molar-refractivity contribution >= 4 is 18.0 Å². The minimum Gasteiger partial charge on any atom is -0.481 e. The monoisotopic (exact) mass is 478 g/mol. The molecule has 2 N–H and O–H groups in total. The second kappa shape index (κ2) is 10.9. The van der Waals surface area contributed by atoms with Crippen LogP contribution in [0.5, 0.6) is 0 Å². The average molecular weight is 479 g/mol. The number of nitrogens with one attached hydrogen (secondary N) is 1. The Balaban J connectivity index is 1.28. The van der Waals surface area contributed by atoms with Crippen molar-refractivity contribution in [2.75, 3.05) is 26.2 Å². The van der Waals surface area contributed by atoms with Gasteiger partial charge in [0.2, 0.25) is 5.91 Å². The third kappa shape index (κ3) is 5.66. The molecule has 2 aliphatic rings. The minimum atomic E-state index is -0.788. The number of alkyl carbamates (subject to hydrolysis) is 1. The highest BCUT2D eigenvalue weighted by molar-refractivity contribution is 5.79. The lowest BCUT2D eigenvalue weighted by molar-refractivity contribution is -0.146. The summed E-state index contributed by atoms with van der Waals surface area (Å²) in [5.41, 5.74) is 4.70. The highest BCUT2D eigenvalue weighted by Crippen LogP contribution is 2.44. The average Bonchev–Trinajstić information content (AvgIpc) is 3.18. The Morgan fingerprint density at radius 3 is 2.11 bits per heavy atom. The predicted molar refractivity (Wildman–Crippen MR) is 133 cm³/mol. The van der Waals surface area contributed by atoms with Gasteiger partial charge >= 0.3 is 12.1 Å². The first kappa shape index (κ1) is 24.8. The van der Waals surface area contributed by atoms with Crippen molar-refractivity contribution in [1.29, 1.82) is 0 Å². The second-order valence-corrected chi connectivity index (χ2v) is 9.91. The smallest absolute Gasteiger partial charge is 0.407 e. The number of amides is 2. The first-order valence-corrected chi connectivity index (χ1v) is 12.4. The van der Waals surface area contributed by atoms with E-state index in [2.05, 4.69) is 29.6 Å². The maximum absolute atomic E-state index is 12.8. The van der Waals surface area contributed by atoms with E-state index in [0.29, 0.717) is 38.9 Å². The third-order valence-electron chi connectivity index (χ3n) is 7.43. The van der Waals surface area contributed by atoms with Gasteiger partial charge in [0.1, 0.15) is 6.61 Å². The van der Waals surface area contributed by atoms with Gasteiger partial charge in [-0.15, -0.1) is 0 Å². The number of likely N-dealkylation sites (tertiary alicyclic amines) is 1. The maximum Gasteiger partial charge on any atom is 0.407 e. The Hall–Kier alpha value is -3.35. The van der Waals surface area contributed by atoms with E-state index in [1.807, 2.05) is 38.1 Å². The van der Waals surface area contributed by atoms with Gasteiger partial charge in [0.05, 0.1) is 5.92 Å². The summed E-state index contributed by atoms with van der Waals surface area (Å²) < 4.78 is 5.62. The summed E-state index contributed by atoms with van der Waals surface area (Å²) in [6.45, 7) is 5.62. The molecule has 1 saturated heterocycles. The van der Waals surface area contributed by atoms with Crippen LogP contribution in [0.25, 0.3) is 11.1 Å². The van der Waals surface area contributed by atoms with Crippen molar-refractivity contribution in [3.05, 3.63) is 59.7 Å². The van der Waals surface area contributed by atoms with Crippen LogP contribution in [0.3, 0.4) is 0 Å². The molecule has 0 saturated carbocycles. The number of fused-ring (bicyclic) bond motifs is 3. The Morgan fingerprint density at radius 2 is 1.57 bits per heavy atom. The SMILES string of the molecule is CC(C)C(CNC(=O)OCC1c2ccccc2-c2ccccc21)CC(=O)N1CCC(C(=O)O)CC1. The molecule has 1 aliphatic carbocycles. The lowest BCUT2D eigenvalue weighted by Crippen LogP contribution is -2.42. The van der Waals surface area contributed by atoms with E-state index in [1.54, 1.807) is 4.90 Å². The molecule has 0 bridgehead atoms. The van der Waals surface area contributed by atoms with Crippen molar-refractivity contribution < 1.29 is 24.2 Å². The van der Waals surface area contributed by atoms with Crippen molar-refractivity contribution in [3.63, 3.8) is 0 Å². The molecule has 35 heavy (non-hydrogen) atoms. The molecule has 7 heteroatoms. The van der Waals surface area contributed by atoms with E-state index < -0.39 is 12.1 Å². The van der Waals surface area contributed by atoms with Crippen molar-refractivity contribution in [1.82, 2.24) is 10.2 Å². The zero-order valence-corrected chi connectivity index (χ0v) is 20.4. The number of carbonyl (C=O) groups is 3. The molecule has 1 unspecified atom stereocenters. The van der Waals surface area contributed by atoms with Gasteiger partial charge in [0.25, 0.3) is 0 Å². The molecule has 1 fully saturated rings. The quantitative estimate of drug-likeness (QED) is 0.582. The Labute approximate surface area is 206 Å². The fraction of sp³-hybridized carbons (Fsp3) is 0.464. The summed E-state index contributed by atoms with van der Waals surface area (Å²) in [6.07, 6.45) is 0.822. The molecule has 7 nitrogen and oxygen atoms in total. The summed E-state index contributed by atoms with van der Waals surface area (Å²) in [7, 11) is 0. The first-order chi connectivity index (χ1) is 16.8. The molecular weight excluding hydrogens is 444 g/mol. The van der Waals surface area contributed by atoms with E-state index >= 15 is 0 Å². The number of carboxylic acids is 1. The topological polar surface area (TPSA) is 95.9 Å². The normalized spacial score (nSPS) is 16.5. The zero-order chi connectivity index (χ0) is 24.9. The van der Waals surface area contributed by atoms with Crippen LogP contribution < -0.4 is 5.32 Å². The summed E-state index contributed by atoms with van der Waals surface area (Å²) in [5, 5.41) is 12.0. The van der Waals surface area contributed by atoms with E-state index in [9.17, 15) is 14.4 Å². The van der Waals surface area contributed by atoms with Crippen molar-refractivity contribution in [3.8, 4) is 11.1 Å². The molecule has 0 radical (unpaired) electrons. The number of hydrogen-bond donors (Lipinski definition) is 2. The van der Waals surface area contributed by atoms with E-state index in [-0.39, 0.29) is 36.2 Å². The van der Waals surface area contributed by atoms with Crippen LogP contribution in [0.15, 0.2) is 48.5 Å². The molecule has 0 aromatic heterocycles. The number of nitrogens with zero attached hydrogens (tertiary/aromatic N) is 1. The molecule has 2 aromatic rings. The Bertz CT molecular complexity index is 1030. The minimum absolute atomic E-state index is 0.00403. The highest BCUT2D eigenvalue weighted by atomic mass is 16.5. The molecule has 1 atom stereocenters. The van der Waals surface area contributed by atoms with Gasteiger partial charge in [-0.3, -0.25) is 9.59 Å². The highest BCUT2D eigenvalue weighted by Gasteiger charge is 2.30. The number of ether oxygens (including phenoxy) is 1. The summed E-state index contributed by atoms with van der Waals surface area (Å²) >= 11 is 0. The van der Waals surface area contributed by atoms with Crippen LogP contribution in [-0.4, -0.2) is 54.2 Å². The van der Waals surface area contributed by atoms with Crippen molar-refractivity contribution in [2.24, 2.45) is 17.8 Å². The largest absolute Gasteiger partial charge is 0.481 e. The number of aliphatic carboxylic acids is 1. The van der Waals surface area contributed by atoms with Gasteiger partial charge in [0, 0.05) is 32.0 Å². The van der Waals surface area contributed by atoms with Crippen LogP contribution in [0.4, 0.5) is 4.79 Å². The molecular formula is C28H34N2O5. The predicted octanol–water partition coefficient (Wildman–Crippen LogP) is 4.51. The number of carbonyl (C=O) groups excluding carboxylic acids is 2. The van der Waals surface area contributed by atoms with Crippen LogP contribution in [-0.2, 0) is 14.3 Å². The fourth-order valence-corrected chi connectivity index (χ4v) is 5.14. The van der Waals surface area contributed by atoms with E-state index in [4.69, 9.17) is 9.84 Å². The number of benzene rings is 2. The van der Waals surface area contributed by atoms with Gasteiger partial charge in [0.15, 0.2) is 0 Å². The lowest BCUT2D eigenvalue weighted by Gasteiger charge is -2.32. The molecule has 1 heterocycles. The second-order valence-electron chi connectivity index (χ2n) is 9.91. The van der Waals surface area contributed by atoms with E-state index in [0.717, 1.165) is 0 Å². The molecule has 0 spiro atoms. The molecule has 186 valence electrons. The van der Waals surface area contributed by atoms with Crippen LogP contribution in [0.2, 0.25) is 0 Å². The molecule has 4 rings (SSSR count). The number of piperidine rings is 1. The first-order valence-electron chi connectivity index (χ1n) is 12.4. The molecule has 2 amide bonds. The Morgan fingerprint density at radius 1 is 1.00 bits per heavy atom. The van der Waals surface area contributed by atoms with Gasteiger partial charge in [-0.2, -0.15) is 0 Å². The van der Waals surface area contributed by atoms with Gasteiger partial charge in [-0.05, 0) is 46.9 Å².